The summed E-state index contributed by atoms with van der Waals surface area (Å²) in [5, 5.41) is 9.22. The lowest BCUT2D eigenvalue weighted by Crippen LogP contribution is -2.30. The van der Waals surface area contributed by atoms with Gasteiger partial charge in [0.2, 0.25) is 0 Å². The molecule has 0 radical (unpaired) electrons. The lowest BCUT2D eigenvalue weighted by atomic mass is 10.4. The van der Waals surface area contributed by atoms with E-state index in [2.05, 4.69) is 22.9 Å². The Hall–Kier alpha value is -0.890. The fraction of sp³-hybridized carbons (Fsp3) is 0.500. The Labute approximate surface area is 136 Å². The van der Waals surface area contributed by atoms with Crippen molar-refractivity contribution in [3.05, 3.63) is 21.3 Å². The summed E-state index contributed by atoms with van der Waals surface area (Å²) in [6, 6.07) is 1.74. The van der Waals surface area contributed by atoms with E-state index in [1.54, 1.807) is 12.3 Å². The quantitative estimate of drug-likeness (QED) is 0.560. The molecule has 2 aromatic rings. The second-order valence-corrected chi connectivity index (χ2v) is 5.81. The highest BCUT2D eigenvalue weighted by atomic mass is 79.9. The van der Waals surface area contributed by atoms with Crippen molar-refractivity contribution in [1.82, 2.24) is 0 Å². The van der Waals surface area contributed by atoms with Gasteiger partial charge in [-0.05, 0) is 22.4 Å². The molecule has 0 saturated carbocycles. The summed E-state index contributed by atoms with van der Waals surface area (Å²) in [5.41, 5.74) is 1.13. The first-order valence-corrected chi connectivity index (χ1v) is 8.02. The molecular formula is C14H18BrNO4S. The van der Waals surface area contributed by atoms with Crippen molar-refractivity contribution in [3.63, 3.8) is 0 Å². The molecular weight excluding hydrogens is 358 g/mol. The van der Waals surface area contributed by atoms with E-state index in [9.17, 15) is 5.11 Å². The third-order valence-corrected chi connectivity index (χ3v) is 3.77. The summed E-state index contributed by atoms with van der Waals surface area (Å²) in [7, 11) is 0. The zero-order valence-corrected chi connectivity index (χ0v) is 14.2. The van der Waals surface area contributed by atoms with E-state index in [-0.39, 0.29) is 6.61 Å². The van der Waals surface area contributed by atoms with Crippen molar-refractivity contribution in [2.45, 2.75) is 13.3 Å². The molecule has 21 heavy (non-hydrogen) atoms. The van der Waals surface area contributed by atoms with Gasteiger partial charge >= 0.3 is 0 Å². The molecule has 0 aliphatic carbocycles. The van der Waals surface area contributed by atoms with E-state index < -0.39 is 0 Å². The molecule has 2 aromatic heterocycles. The van der Waals surface area contributed by atoms with Gasteiger partial charge in [-0.1, -0.05) is 19.1 Å². The highest BCUT2D eigenvalue weighted by molar-refractivity contribution is 9.10. The average molecular weight is 376 g/mol. The van der Waals surface area contributed by atoms with E-state index in [0.717, 1.165) is 17.5 Å². The summed E-state index contributed by atoms with van der Waals surface area (Å²) in [4.78, 5) is 1.91. The summed E-state index contributed by atoms with van der Waals surface area (Å²) in [6.45, 7) is 4.47. The van der Waals surface area contributed by atoms with Crippen LogP contribution in [-0.2, 0) is 4.74 Å². The maximum Gasteiger partial charge on any atom is 0.198 e. The summed E-state index contributed by atoms with van der Waals surface area (Å²) < 4.78 is 18.0. The molecule has 116 valence electrons. The second kappa shape index (κ2) is 7.93. The number of aliphatic hydroxyl groups excluding tert-OH is 1. The normalized spacial score (nSPS) is 11.2. The molecule has 0 aromatic carbocycles. The Kier molecular flexibility index (Phi) is 6.22. The molecule has 0 saturated heterocycles. The maximum atomic E-state index is 9.22. The van der Waals surface area contributed by atoms with Crippen LogP contribution < -0.4 is 4.90 Å². The van der Waals surface area contributed by atoms with Crippen LogP contribution in [0.15, 0.2) is 25.6 Å². The first kappa shape index (κ1) is 16.5. The Morgan fingerprint density at radius 3 is 2.86 bits per heavy atom. The molecule has 2 heterocycles. The molecule has 7 heteroatoms. The van der Waals surface area contributed by atoms with Crippen molar-refractivity contribution in [2.24, 2.45) is 0 Å². The summed E-state index contributed by atoms with van der Waals surface area (Å²) in [5.74, 6) is 0.601. The molecule has 5 nitrogen and oxygen atoms in total. The number of aliphatic hydroxyl groups is 1. The number of halogens is 1. The number of rotatable bonds is 8. The molecule has 0 aliphatic heterocycles. The van der Waals surface area contributed by atoms with Crippen molar-refractivity contribution >= 4 is 45.2 Å². The van der Waals surface area contributed by atoms with Crippen LogP contribution in [0.3, 0.4) is 0 Å². The van der Waals surface area contributed by atoms with Gasteiger partial charge in [-0.3, -0.25) is 0 Å². The van der Waals surface area contributed by atoms with Crippen LogP contribution in [0.4, 0.5) is 5.88 Å². The lowest BCUT2D eigenvalue weighted by molar-refractivity contribution is 0.139. The molecule has 1 N–H and O–H groups in total. The van der Waals surface area contributed by atoms with Crippen LogP contribution in [0.5, 0.6) is 0 Å². The molecule has 0 amide bonds. The number of fused-ring (bicyclic) bond motifs is 1. The Balaban J connectivity index is 2.22. The number of ether oxygens (including phenoxy) is 1. The third-order valence-electron chi connectivity index (χ3n) is 2.92. The number of nitrogens with zero attached hydrogens (tertiary/aromatic N) is 1. The van der Waals surface area contributed by atoms with Crippen molar-refractivity contribution < 1.29 is 18.7 Å². The summed E-state index contributed by atoms with van der Waals surface area (Å²) >= 11 is 8.69. The Morgan fingerprint density at radius 2 is 2.14 bits per heavy atom. The standard InChI is InChI=1S/C14H18BrNO4S/c1-2-6-18-7-4-16(3-5-17)12-8-11(21)14-13(20-12)10(15)9-19-14/h8-9,17H,2-7H2,1H3. The molecule has 0 spiro atoms. The van der Waals surface area contributed by atoms with Gasteiger partial charge in [0.15, 0.2) is 17.1 Å². The van der Waals surface area contributed by atoms with E-state index in [1.165, 1.54) is 0 Å². The topological polar surface area (TPSA) is 59.0 Å². The van der Waals surface area contributed by atoms with Gasteiger partial charge in [-0.15, -0.1) is 0 Å². The summed E-state index contributed by atoms with van der Waals surface area (Å²) in [6.07, 6.45) is 2.53. The first-order chi connectivity index (χ1) is 10.2. The van der Waals surface area contributed by atoms with Crippen LogP contribution >= 0.6 is 28.1 Å². The predicted octanol–water partition coefficient (Wildman–Crippen LogP) is 3.74. The van der Waals surface area contributed by atoms with E-state index in [4.69, 9.17) is 25.8 Å². The highest BCUT2D eigenvalue weighted by Crippen LogP contribution is 2.31. The first-order valence-electron chi connectivity index (χ1n) is 6.81. The highest BCUT2D eigenvalue weighted by Gasteiger charge is 2.14. The van der Waals surface area contributed by atoms with Gasteiger partial charge in [0.1, 0.15) is 6.26 Å². The molecule has 2 rings (SSSR count). The average Bonchev–Trinajstić information content (AvgIpc) is 2.84. The molecule has 0 atom stereocenters. The van der Waals surface area contributed by atoms with Crippen LogP contribution in [0.25, 0.3) is 11.2 Å². The molecule has 0 fully saturated rings. The minimum Gasteiger partial charge on any atom is -0.458 e. The maximum absolute atomic E-state index is 9.22. The smallest absolute Gasteiger partial charge is 0.198 e. The largest absolute Gasteiger partial charge is 0.458 e. The number of anilines is 1. The van der Waals surface area contributed by atoms with E-state index >= 15 is 0 Å². The number of hydrogen-bond acceptors (Lipinski definition) is 6. The lowest BCUT2D eigenvalue weighted by Gasteiger charge is -2.22. The van der Waals surface area contributed by atoms with Gasteiger partial charge < -0.3 is 23.6 Å². The number of furan rings is 1. The van der Waals surface area contributed by atoms with Crippen LogP contribution in [-0.4, -0.2) is 38.0 Å². The molecule has 0 unspecified atom stereocenters. The van der Waals surface area contributed by atoms with Crippen LogP contribution in [0.2, 0.25) is 0 Å². The number of hydrogen-bond donors (Lipinski definition) is 1. The van der Waals surface area contributed by atoms with Crippen molar-refractivity contribution in [2.75, 3.05) is 37.8 Å². The van der Waals surface area contributed by atoms with Crippen LogP contribution in [0.1, 0.15) is 13.3 Å². The van der Waals surface area contributed by atoms with Gasteiger partial charge in [0.25, 0.3) is 0 Å². The minimum absolute atomic E-state index is 0.0284. The zero-order chi connectivity index (χ0) is 15.2. The van der Waals surface area contributed by atoms with Crippen molar-refractivity contribution in [3.8, 4) is 0 Å². The van der Waals surface area contributed by atoms with Gasteiger partial charge in [-0.25, -0.2) is 0 Å². The van der Waals surface area contributed by atoms with E-state index in [0.29, 0.717) is 41.3 Å². The second-order valence-electron chi connectivity index (χ2n) is 4.51. The molecule has 0 bridgehead atoms. The Bertz CT molecular complexity index is 639. The van der Waals surface area contributed by atoms with Gasteiger partial charge in [0.05, 0.1) is 22.2 Å². The van der Waals surface area contributed by atoms with E-state index in [1.807, 2.05) is 4.90 Å². The fourth-order valence-corrected chi connectivity index (χ4v) is 2.53. The zero-order valence-electron chi connectivity index (χ0n) is 11.8. The monoisotopic (exact) mass is 375 g/mol. The fourth-order valence-electron chi connectivity index (χ4n) is 1.93. The van der Waals surface area contributed by atoms with Crippen molar-refractivity contribution in [1.29, 1.82) is 0 Å². The SMILES string of the molecule is CCCOCCN(CCO)c1cc(=S)c2occ(Br)c2o1. The van der Waals surface area contributed by atoms with Gasteiger partial charge in [0, 0.05) is 25.8 Å². The third kappa shape index (κ3) is 4.06. The van der Waals surface area contributed by atoms with Crippen LogP contribution in [0, 0.1) is 4.51 Å². The Morgan fingerprint density at radius 1 is 1.33 bits per heavy atom. The minimum atomic E-state index is 0.0284. The molecule has 0 aliphatic rings. The van der Waals surface area contributed by atoms with Gasteiger partial charge in [-0.2, -0.15) is 0 Å². The predicted molar refractivity (Wildman–Crippen MR) is 87.4 cm³/mol.